The van der Waals surface area contributed by atoms with Crippen molar-refractivity contribution in [3.05, 3.63) is 70.9 Å². The van der Waals surface area contributed by atoms with Crippen molar-refractivity contribution in [2.75, 3.05) is 12.4 Å². The topological polar surface area (TPSA) is 101 Å². The zero-order chi connectivity index (χ0) is 20.8. The summed E-state index contributed by atoms with van der Waals surface area (Å²) < 4.78 is 5.10. The maximum atomic E-state index is 12.7. The van der Waals surface area contributed by atoms with Crippen LogP contribution in [0.3, 0.4) is 0 Å². The van der Waals surface area contributed by atoms with Crippen LogP contribution in [0.15, 0.2) is 54.0 Å². The van der Waals surface area contributed by atoms with E-state index >= 15 is 0 Å². The molecule has 0 radical (unpaired) electrons. The molecule has 29 heavy (non-hydrogen) atoms. The molecule has 1 amide bonds. The van der Waals surface area contributed by atoms with E-state index in [0.29, 0.717) is 10.8 Å². The highest BCUT2D eigenvalue weighted by molar-refractivity contribution is 7.14. The summed E-state index contributed by atoms with van der Waals surface area (Å²) in [6.07, 6.45) is 0.149. The number of aliphatic carboxylic acids is 1. The fourth-order valence-electron chi connectivity index (χ4n) is 2.69. The molecule has 0 aliphatic heterocycles. The van der Waals surface area contributed by atoms with Gasteiger partial charge >= 0.3 is 5.97 Å². The second-order valence-corrected chi connectivity index (χ2v) is 7.29. The zero-order valence-corrected chi connectivity index (χ0v) is 16.8. The Morgan fingerprint density at radius 3 is 2.45 bits per heavy atom. The number of methoxy groups -OCH3 is 1. The number of aromatic nitrogens is 1. The lowest BCUT2D eigenvalue weighted by molar-refractivity contribution is -0.139. The van der Waals surface area contributed by atoms with Gasteiger partial charge < -0.3 is 20.5 Å². The van der Waals surface area contributed by atoms with E-state index in [2.05, 4.69) is 15.6 Å². The van der Waals surface area contributed by atoms with Crippen LogP contribution in [0.4, 0.5) is 10.7 Å². The number of rotatable bonds is 8. The molecule has 1 aromatic heterocycles. The first-order valence-electron chi connectivity index (χ1n) is 8.90. The molecule has 1 atom stereocenters. The van der Waals surface area contributed by atoms with Crippen molar-refractivity contribution in [2.24, 2.45) is 0 Å². The molecule has 3 N–H and O–H groups in total. The Labute approximate surface area is 172 Å². The van der Waals surface area contributed by atoms with Crippen molar-refractivity contribution in [1.82, 2.24) is 10.3 Å². The number of thiazole rings is 1. The number of carbonyl (C=O) groups excluding carboxylic acids is 1. The van der Waals surface area contributed by atoms with Crippen LogP contribution in [0.1, 0.15) is 21.6 Å². The molecule has 1 heterocycles. The first-order chi connectivity index (χ1) is 14.0. The van der Waals surface area contributed by atoms with Crippen LogP contribution in [-0.4, -0.2) is 35.1 Å². The molecular weight excluding hydrogens is 390 g/mol. The summed E-state index contributed by atoms with van der Waals surface area (Å²) in [6, 6.07) is 13.7. The lowest BCUT2D eigenvalue weighted by Gasteiger charge is -2.15. The Hall–Kier alpha value is -3.39. The number of nitrogens with one attached hydrogen (secondary N) is 2. The molecule has 0 saturated heterocycles. The summed E-state index contributed by atoms with van der Waals surface area (Å²) in [5.74, 6) is -0.974. The Bertz CT molecular complexity index is 984. The average Bonchev–Trinajstić information content (AvgIpc) is 3.18. The number of aryl methyl sites for hydroxylation is 1. The minimum absolute atomic E-state index is 0.149. The van der Waals surface area contributed by atoms with Gasteiger partial charge in [-0.05, 0) is 36.8 Å². The number of carboxylic acids is 1. The van der Waals surface area contributed by atoms with Gasteiger partial charge in [-0.3, -0.25) is 4.79 Å². The maximum Gasteiger partial charge on any atom is 0.326 e. The largest absolute Gasteiger partial charge is 0.497 e. The Morgan fingerprint density at radius 1 is 1.14 bits per heavy atom. The minimum Gasteiger partial charge on any atom is -0.497 e. The van der Waals surface area contributed by atoms with E-state index in [0.717, 1.165) is 16.8 Å². The molecule has 0 aliphatic rings. The molecule has 8 heteroatoms. The van der Waals surface area contributed by atoms with E-state index in [1.807, 2.05) is 31.2 Å². The first-order valence-corrected chi connectivity index (χ1v) is 9.78. The monoisotopic (exact) mass is 411 g/mol. The van der Waals surface area contributed by atoms with Gasteiger partial charge in [0.15, 0.2) is 5.69 Å². The first kappa shape index (κ1) is 20.3. The molecule has 150 valence electrons. The third kappa shape index (κ3) is 5.32. The SMILES string of the molecule is COc1ccc(CC(NC(=O)c2ncsc2Nc2ccc(C)cc2)C(=O)O)cc1. The number of hydrogen-bond donors (Lipinski definition) is 3. The molecule has 2 aromatic carbocycles. The average molecular weight is 411 g/mol. The van der Waals surface area contributed by atoms with Gasteiger partial charge in [0.2, 0.25) is 0 Å². The summed E-state index contributed by atoms with van der Waals surface area (Å²) in [6.45, 7) is 1.99. The van der Waals surface area contributed by atoms with Crippen LogP contribution in [0.2, 0.25) is 0 Å². The molecule has 0 fully saturated rings. The van der Waals surface area contributed by atoms with E-state index in [1.165, 1.54) is 11.3 Å². The Kier molecular flexibility index (Phi) is 6.46. The second kappa shape index (κ2) is 9.20. The van der Waals surface area contributed by atoms with Crippen LogP contribution in [0, 0.1) is 6.92 Å². The normalized spacial score (nSPS) is 11.5. The van der Waals surface area contributed by atoms with Crippen molar-refractivity contribution in [3.8, 4) is 5.75 Å². The van der Waals surface area contributed by atoms with Gasteiger partial charge in [0, 0.05) is 12.1 Å². The molecule has 1 unspecified atom stereocenters. The zero-order valence-electron chi connectivity index (χ0n) is 16.0. The minimum atomic E-state index is -1.11. The van der Waals surface area contributed by atoms with E-state index in [1.54, 1.807) is 36.9 Å². The van der Waals surface area contributed by atoms with Crippen molar-refractivity contribution in [2.45, 2.75) is 19.4 Å². The highest BCUT2D eigenvalue weighted by Crippen LogP contribution is 2.25. The van der Waals surface area contributed by atoms with Gasteiger partial charge in [0.25, 0.3) is 5.91 Å². The number of carbonyl (C=O) groups is 2. The van der Waals surface area contributed by atoms with Gasteiger partial charge in [-0.15, -0.1) is 11.3 Å². The predicted molar refractivity (Wildman–Crippen MR) is 112 cm³/mol. The second-order valence-electron chi connectivity index (χ2n) is 6.44. The molecule has 7 nitrogen and oxygen atoms in total. The van der Waals surface area contributed by atoms with Crippen molar-refractivity contribution in [3.63, 3.8) is 0 Å². The maximum absolute atomic E-state index is 12.7. The molecule has 0 aliphatic carbocycles. The van der Waals surface area contributed by atoms with Gasteiger partial charge in [-0.2, -0.15) is 0 Å². The van der Waals surface area contributed by atoms with E-state index in [-0.39, 0.29) is 12.1 Å². The number of carboxylic acid groups (broad SMARTS) is 1. The molecule has 0 bridgehead atoms. The molecule has 3 rings (SSSR count). The third-order valence-electron chi connectivity index (χ3n) is 4.29. The highest BCUT2D eigenvalue weighted by atomic mass is 32.1. The van der Waals surface area contributed by atoms with E-state index in [9.17, 15) is 14.7 Å². The van der Waals surface area contributed by atoms with Crippen LogP contribution >= 0.6 is 11.3 Å². The van der Waals surface area contributed by atoms with Gasteiger partial charge in [-0.25, -0.2) is 9.78 Å². The summed E-state index contributed by atoms with van der Waals surface area (Å²) in [5.41, 5.74) is 4.43. The Morgan fingerprint density at radius 2 is 1.83 bits per heavy atom. The van der Waals surface area contributed by atoms with Crippen LogP contribution in [0.25, 0.3) is 0 Å². The van der Waals surface area contributed by atoms with Crippen molar-refractivity contribution >= 4 is 33.9 Å². The number of nitrogens with zero attached hydrogens (tertiary/aromatic N) is 1. The lowest BCUT2D eigenvalue weighted by Crippen LogP contribution is -2.42. The van der Waals surface area contributed by atoms with Gasteiger partial charge in [-0.1, -0.05) is 29.8 Å². The van der Waals surface area contributed by atoms with Gasteiger partial charge in [0.1, 0.15) is 16.8 Å². The fraction of sp³-hybridized carbons (Fsp3) is 0.190. The molecular formula is C21H21N3O4S. The van der Waals surface area contributed by atoms with Crippen LogP contribution in [0.5, 0.6) is 5.75 Å². The molecule has 0 saturated carbocycles. The quantitative estimate of drug-likeness (QED) is 0.523. The van der Waals surface area contributed by atoms with Gasteiger partial charge in [0.05, 0.1) is 12.6 Å². The fourth-order valence-corrected chi connectivity index (χ4v) is 3.39. The van der Waals surface area contributed by atoms with E-state index in [4.69, 9.17) is 4.74 Å². The number of amides is 1. The number of hydrogen-bond acceptors (Lipinski definition) is 6. The smallest absolute Gasteiger partial charge is 0.326 e. The lowest BCUT2D eigenvalue weighted by atomic mass is 10.1. The highest BCUT2D eigenvalue weighted by Gasteiger charge is 2.24. The molecule has 3 aromatic rings. The Balaban J connectivity index is 1.71. The van der Waals surface area contributed by atoms with Crippen molar-refractivity contribution < 1.29 is 19.4 Å². The third-order valence-corrected chi connectivity index (χ3v) is 5.04. The number of anilines is 2. The molecule has 0 spiro atoms. The summed E-state index contributed by atoms with van der Waals surface area (Å²) in [5, 5.41) is 15.8. The summed E-state index contributed by atoms with van der Waals surface area (Å²) in [7, 11) is 1.56. The number of benzene rings is 2. The summed E-state index contributed by atoms with van der Waals surface area (Å²) >= 11 is 1.28. The van der Waals surface area contributed by atoms with E-state index < -0.39 is 17.9 Å². The predicted octanol–water partition coefficient (Wildman–Crippen LogP) is 3.63. The van der Waals surface area contributed by atoms with Crippen LogP contribution in [-0.2, 0) is 11.2 Å². The standard InChI is InChI=1S/C21H21N3O4S/c1-13-3-7-15(8-4-13)23-20-18(22-12-29-20)19(25)24-17(21(26)27)11-14-5-9-16(28-2)10-6-14/h3-10,12,17,23H,11H2,1-2H3,(H,24,25)(H,26,27). The van der Waals surface area contributed by atoms with Crippen molar-refractivity contribution in [1.29, 1.82) is 0 Å². The number of ether oxygens (including phenoxy) is 1. The van der Waals surface area contributed by atoms with Crippen LogP contribution < -0.4 is 15.4 Å². The summed E-state index contributed by atoms with van der Waals surface area (Å²) in [4.78, 5) is 28.5.